The SMILES string of the molecule is CCO.O=C1Cc2ccc(/C=C/CNC(=O)c3cccn(Cc4cc(F)c(F)c(F)c4)c3=O)cc2N1.O=C1Nc2cc(/C=C/CNC(=O)c3cccn(Cc4cc(F)c(F)c(F)c4)c3=O)ccc2/C1=C\c1cccnc1.O=Cc1cccnc1. The summed E-state index contributed by atoms with van der Waals surface area (Å²) in [6.45, 7) is 1.70. The van der Waals surface area contributed by atoms with Crippen LogP contribution >= 0.6 is 0 Å². The number of pyridine rings is 4. The number of carbonyl (C=O) groups is 5. The molecule has 0 radical (unpaired) electrons. The predicted molar refractivity (Wildman–Crippen MR) is 303 cm³/mol. The monoisotopic (exact) mass is 1150 g/mol. The van der Waals surface area contributed by atoms with E-state index in [9.17, 15) is 59.9 Å². The highest BCUT2D eigenvalue weighted by molar-refractivity contribution is 6.35. The van der Waals surface area contributed by atoms with Gasteiger partial charge in [0, 0.05) is 85.0 Å². The summed E-state index contributed by atoms with van der Waals surface area (Å²) >= 11 is 0. The summed E-state index contributed by atoms with van der Waals surface area (Å²) in [6, 6.07) is 26.9. The molecule has 4 aromatic carbocycles. The van der Waals surface area contributed by atoms with Gasteiger partial charge in [0.15, 0.2) is 41.2 Å². The molecule has 2 aliphatic heterocycles. The van der Waals surface area contributed by atoms with E-state index in [0.717, 1.165) is 73.2 Å². The third-order valence-electron chi connectivity index (χ3n) is 12.1. The van der Waals surface area contributed by atoms with Gasteiger partial charge in [0.1, 0.15) is 11.1 Å². The highest BCUT2D eigenvalue weighted by atomic mass is 19.2. The number of rotatable bonds is 14. The molecule has 0 saturated heterocycles. The smallest absolute Gasteiger partial charge is 0.263 e. The van der Waals surface area contributed by atoms with Crippen LogP contribution in [0.5, 0.6) is 0 Å². The van der Waals surface area contributed by atoms with Gasteiger partial charge in [0.2, 0.25) is 5.91 Å². The van der Waals surface area contributed by atoms with Gasteiger partial charge in [-0.25, -0.2) is 26.3 Å². The number of amides is 4. The molecule has 2 aliphatic rings. The minimum Gasteiger partial charge on any atom is -0.397 e. The average Bonchev–Trinajstić information content (AvgIpc) is 3.80. The first-order valence-corrected chi connectivity index (χ1v) is 25.5. The molecule has 428 valence electrons. The summed E-state index contributed by atoms with van der Waals surface area (Å²) in [5, 5.41) is 18.4. The number of aldehydes is 1. The van der Waals surface area contributed by atoms with Crippen molar-refractivity contribution >= 4 is 65.1 Å². The molecule has 0 saturated carbocycles. The number of hydrogen-bond donors (Lipinski definition) is 5. The van der Waals surface area contributed by atoms with E-state index in [4.69, 9.17) is 5.11 Å². The minimum absolute atomic E-state index is 0.0317. The molecule has 10 rings (SSSR count). The van der Waals surface area contributed by atoms with E-state index in [1.807, 2.05) is 42.5 Å². The summed E-state index contributed by atoms with van der Waals surface area (Å²) in [5.74, 6) is -10.1. The van der Waals surface area contributed by atoms with Crippen LogP contribution < -0.4 is 32.4 Å². The maximum absolute atomic E-state index is 13.5. The highest BCUT2D eigenvalue weighted by Crippen LogP contribution is 2.34. The van der Waals surface area contributed by atoms with Crippen LogP contribution in [0.25, 0.3) is 23.8 Å². The van der Waals surface area contributed by atoms with Gasteiger partial charge >= 0.3 is 0 Å². The quantitative estimate of drug-likeness (QED) is 0.0301. The number of hydrogen-bond acceptors (Lipinski definition) is 10. The third kappa shape index (κ3) is 16.3. The average molecular weight is 1150 g/mol. The Morgan fingerprint density at radius 1 is 0.607 bits per heavy atom. The lowest BCUT2D eigenvalue weighted by Crippen LogP contribution is -2.33. The fourth-order valence-corrected chi connectivity index (χ4v) is 8.21. The number of aliphatic hydroxyl groups is 1. The number of halogens is 6. The summed E-state index contributed by atoms with van der Waals surface area (Å²) in [6.07, 6.45) is 19.0. The van der Waals surface area contributed by atoms with Crippen LogP contribution in [0.2, 0.25) is 0 Å². The van der Waals surface area contributed by atoms with Crippen molar-refractivity contribution in [2.24, 2.45) is 0 Å². The summed E-state index contributed by atoms with van der Waals surface area (Å²) < 4.78 is 82.5. The van der Waals surface area contributed by atoms with Gasteiger partial charge in [-0.05, 0) is 125 Å². The van der Waals surface area contributed by atoms with Crippen molar-refractivity contribution in [1.82, 2.24) is 29.7 Å². The zero-order valence-corrected chi connectivity index (χ0v) is 44.4. The number of aromatic nitrogens is 4. The molecule has 4 aromatic heterocycles. The molecule has 4 amide bonds. The van der Waals surface area contributed by atoms with Gasteiger partial charge in [0.25, 0.3) is 28.8 Å². The Labute approximate surface area is 475 Å². The van der Waals surface area contributed by atoms with Crippen molar-refractivity contribution in [3.05, 3.63) is 270 Å². The van der Waals surface area contributed by atoms with Crippen molar-refractivity contribution in [3.8, 4) is 0 Å². The first-order valence-electron chi connectivity index (χ1n) is 25.5. The van der Waals surface area contributed by atoms with Crippen molar-refractivity contribution in [2.75, 3.05) is 30.3 Å². The number of carbonyl (C=O) groups excluding carboxylic acids is 5. The molecule has 84 heavy (non-hydrogen) atoms. The van der Waals surface area contributed by atoms with Crippen LogP contribution in [0, 0.1) is 34.9 Å². The summed E-state index contributed by atoms with van der Waals surface area (Å²) in [4.78, 5) is 92.1. The third-order valence-corrected chi connectivity index (χ3v) is 12.1. The van der Waals surface area contributed by atoms with Gasteiger partial charge in [-0.1, -0.05) is 54.6 Å². The molecule has 5 N–H and O–H groups in total. The van der Waals surface area contributed by atoms with Gasteiger partial charge in [-0.3, -0.25) is 43.5 Å². The lowest BCUT2D eigenvalue weighted by molar-refractivity contribution is -0.115. The molecule has 0 bridgehead atoms. The van der Waals surface area contributed by atoms with E-state index in [1.165, 1.54) is 42.9 Å². The number of nitrogens with zero attached hydrogens (tertiary/aromatic N) is 4. The van der Waals surface area contributed by atoms with Gasteiger partial charge < -0.3 is 35.5 Å². The highest BCUT2D eigenvalue weighted by Gasteiger charge is 2.24. The van der Waals surface area contributed by atoms with E-state index in [1.54, 1.807) is 74.1 Å². The maximum atomic E-state index is 13.5. The first kappa shape index (κ1) is 61.0. The Kier molecular flexibility index (Phi) is 21.2. The van der Waals surface area contributed by atoms with Gasteiger partial charge in [-0.15, -0.1) is 0 Å². The Morgan fingerprint density at radius 3 is 1.55 bits per heavy atom. The molecule has 8 aromatic rings. The molecule has 0 atom stereocenters. The van der Waals surface area contributed by atoms with Crippen molar-refractivity contribution in [1.29, 1.82) is 0 Å². The maximum Gasteiger partial charge on any atom is 0.263 e. The molecule has 0 aliphatic carbocycles. The Morgan fingerprint density at radius 2 is 1.08 bits per heavy atom. The zero-order chi connectivity index (χ0) is 60.3. The van der Waals surface area contributed by atoms with Crippen molar-refractivity contribution < 1.29 is 55.4 Å². The Bertz CT molecular complexity index is 3920. The van der Waals surface area contributed by atoms with E-state index in [-0.39, 0.29) is 66.9 Å². The first-order chi connectivity index (χ1) is 40.5. The topological polar surface area (TPSA) is 223 Å². The second kappa shape index (κ2) is 29.2. The van der Waals surface area contributed by atoms with Crippen LogP contribution in [0.4, 0.5) is 37.7 Å². The lowest BCUT2D eigenvalue weighted by atomic mass is 10.0. The van der Waals surface area contributed by atoms with E-state index < -0.39 is 57.8 Å². The molecule has 0 unspecified atom stereocenters. The molecule has 6 heterocycles. The summed E-state index contributed by atoms with van der Waals surface area (Å²) in [5.41, 5.74) is 5.16. The fraction of sp³-hybridized carbons (Fsp3) is 0.113. The van der Waals surface area contributed by atoms with Crippen LogP contribution in [0.1, 0.15) is 76.9 Å². The predicted octanol–water partition coefficient (Wildman–Crippen LogP) is 8.79. The fourth-order valence-electron chi connectivity index (χ4n) is 8.21. The molecule has 16 nitrogen and oxygen atoms in total. The van der Waals surface area contributed by atoms with Gasteiger partial charge in [0.05, 0.1) is 19.5 Å². The normalized spacial score (nSPS) is 12.4. The second-order valence-electron chi connectivity index (χ2n) is 18.1. The molecule has 0 spiro atoms. The molecular formula is C62H50F6N8O8. The van der Waals surface area contributed by atoms with Crippen molar-refractivity contribution in [2.45, 2.75) is 26.4 Å². The minimum atomic E-state index is -1.59. The lowest BCUT2D eigenvalue weighted by Gasteiger charge is -2.09. The van der Waals surface area contributed by atoms with Crippen molar-refractivity contribution in [3.63, 3.8) is 0 Å². The second-order valence-corrected chi connectivity index (χ2v) is 18.1. The van der Waals surface area contributed by atoms with E-state index in [0.29, 0.717) is 23.2 Å². The van der Waals surface area contributed by atoms with Crippen LogP contribution in [0.3, 0.4) is 0 Å². The molecule has 0 fully saturated rings. The number of aliphatic hydroxyl groups excluding tert-OH is 1. The Hall–Kier alpha value is -10.6. The van der Waals surface area contributed by atoms with E-state index >= 15 is 0 Å². The largest absolute Gasteiger partial charge is 0.397 e. The number of anilines is 2. The van der Waals surface area contributed by atoms with E-state index in [2.05, 4.69) is 31.2 Å². The van der Waals surface area contributed by atoms with Gasteiger partial charge in [-0.2, -0.15) is 0 Å². The Balaban J connectivity index is 0.000000207. The number of fused-ring (bicyclic) bond motifs is 2. The van der Waals surface area contributed by atoms with Crippen LogP contribution in [0.15, 0.2) is 168 Å². The zero-order valence-electron chi connectivity index (χ0n) is 44.4. The number of benzene rings is 4. The number of nitrogens with one attached hydrogen (secondary N) is 4. The molecular weight excluding hydrogens is 1100 g/mol. The standard InChI is InChI=1S/C30H21F3N4O3.C24H18F3N3O3.C6H5NO.C2H6O/c31-24-13-20(14-25(32)27(24)33)17-37-11-3-6-22(30(37)40)28(38)35-10-2-4-18-7-8-21-23(29(39)36-26(21)15-18)12-19-5-1-9-34-16-19;25-18-9-15(10-19(26)22(18)27)13-30-8-2-4-17(24(30)33)23(32)28-7-1-3-14-5-6-16-12-21(31)29-20(16)11-14;8-5-6-2-1-3-7-4-6;1-2-3/h1-9,11-16H,10,17H2,(H,35,38)(H,36,39);1-6,8-11H,7,12-13H2,(H,28,32)(H,29,31);1-5H;3H,2H2,1H3/b4-2+,23-12+;3-1+;;. The summed E-state index contributed by atoms with van der Waals surface area (Å²) in [7, 11) is 0. The molecule has 22 heteroatoms. The van der Waals surface area contributed by atoms with Crippen LogP contribution in [-0.2, 0) is 29.1 Å². The van der Waals surface area contributed by atoms with Crippen LogP contribution in [-0.4, -0.2) is 73.8 Å².